The number of nitrogens with zero attached hydrogens (tertiary/aromatic N) is 2. The first kappa shape index (κ1) is 19.6. The maximum absolute atomic E-state index is 12.7. The number of rotatable bonds is 4. The van der Waals surface area contributed by atoms with Crippen LogP contribution in [0.3, 0.4) is 0 Å². The molecule has 7 nitrogen and oxygen atoms in total. The number of hydrogen-bond donors (Lipinski definition) is 1. The number of benzene rings is 2. The average Bonchev–Trinajstić information content (AvgIpc) is 3.12. The molecule has 1 N–H and O–H groups in total. The van der Waals surface area contributed by atoms with E-state index in [0.717, 1.165) is 35.4 Å². The van der Waals surface area contributed by atoms with E-state index in [1.165, 1.54) is 11.6 Å². The van der Waals surface area contributed by atoms with Gasteiger partial charge in [-0.05, 0) is 63.5 Å². The van der Waals surface area contributed by atoms with Gasteiger partial charge in [0.05, 0.1) is 10.6 Å². The van der Waals surface area contributed by atoms with E-state index in [9.17, 15) is 14.9 Å². The number of nitrogens with one attached hydrogen (secondary N) is 1. The molecule has 1 amide bonds. The molecule has 1 aliphatic carbocycles. The lowest BCUT2D eigenvalue weighted by atomic mass is 10.0. The van der Waals surface area contributed by atoms with E-state index < -0.39 is 10.8 Å². The molecular weight excluding hydrogens is 382 g/mol. The number of carbonyl (C=O) groups excluding carboxylic acids is 1. The number of aromatic nitrogens is 1. The van der Waals surface area contributed by atoms with Gasteiger partial charge in [0, 0.05) is 28.4 Å². The molecule has 0 unspecified atom stereocenters. The predicted octanol–water partition coefficient (Wildman–Crippen LogP) is 5.47. The second-order valence-electron chi connectivity index (χ2n) is 7.56. The first-order valence-corrected chi connectivity index (χ1v) is 9.66. The van der Waals surface area contributed by atoms with Gasteiger partial charge in [0.15, 0.2) is 5.76 Å². The highest BCUT2D eigenvalue weighted by molar-refractivity contribution is 6.05. The number of oxazole rings is 1. The number of hydrogen-bond acceptors (Lipinski definition) is 5. The molecular formula is C23H21N3O4. The summed E-state index contributed by atoms with van der Waals surface area (Å²) in [5, 5.41) is 14.0. The molecule has 0 radical (unpaired) electrons. The molecule has 1 aromatic heterocycles. The molecule has 0 saturated carbocycles. The fourth-order valence-electron chi connectivity index (χ4n) is 3.42. The minimum absolute atomic E-state index is 0.0816. The van der Waals surface area contributed by atoms with Crippen LogP contribution in [0.1, 0.15) is 46.3 Å². The molecule has 0 atom stereocenters. The van der Waals surface area contributed by atoms with Crippen molar-refractivity contribution in [3.8, 4) is 11.5 Å². The fourth-order valence-corrected chi connectivity index (χ4v) is 3.42. The molecule has 3 aromatic rings. The Bertz CT molecular complexity index is 1210. The maximum atomic E-state index is 12.7. The third-order valence-corrected chi connectivity index (χ3v) is 5.26. The number of nitro benzene ring substituents is 1. The van der Waals surface area contributed by atoms with E-state index in [2.05, 4.69) is 17.2 Å². The highest BCUT2D eigenvalue weighted by Crippen LogP contribution is 2.31. The Morgan fingerprint density at radius 2 is 1.87 bits per heavy atom. The summed E-state index contributed by atoms with van der Waals surface area (Å²) in [4.78, 5) is 28.0. The summed E-state index contributed by atoms with van der Waals surface area (Å²) in [5.74, 6) is 0.878. The van der Waals surface area contributed by atoms with Gasteiger partial charge in [-0.3, -0.25) is 14.9 Å². The van der Waals surface area contributed by atoms with Crippen LogP contribution < -0.4 is 5.32 Å². The highest BCUT2D eigenvalue weighted by Gasteiger charge is 2.19. The van der Waals surface area contributed by atoms with Crippen LogP contribution in [-0.4, -0.2) is 15.8 Å². The molecule has 0 aliphatic heterocycles. The predicted molar refractivity (Wildman–Crippen MR) is 114 cm³/mol. The number of aryl methyl sites for hydroxylation is 3. The van der Waals surface area contributed by atoms with E-state index in [-0.39, 0.29) is 11.3 Å². The molecule has 152 valence electrons. The first-order valence-electron chi connectivity index (χ1n) is 9.66. The molecule has 0 saturated heterocycles. The van der Waals surface area contributed by atoms with Crippen molar-refractivity contribution >= 4 is 23.4 Å². The van der Waals surface area contributed by atoms with Gasteiger partial charge < -0.3 is 9.73 Å². The largest absolute Gasteiger partial charge is 0.436 e. The zero-order chi connectivity index (χ0) is 21.4. The molecule has 0 bridgehead atoms. The Balaban J connectivity index is 1.62. The molecule has 0 spiro atoms. The fraction of sp³-hybridized carbons (Fsp3) is 0.217. The Morgan fingerprint density at radius 1 is 1.10 bits per heavy atom. The van der Waals surface area contributed by atoms with Gasteiger partial charge in [-0.2, -0.15) is 0 Å². The lowest BCUT2D eigenvalue weighted by molar-refractivity contribution is -0.385. The van der Waals surface area contributed by atoms with E-state index in [0.29, 0.717) is 17.1 Å². The van der Waals surface area contributed by atoms with E-state index in [1.807, 2.05) is 31.2 Å². The van der Waals surface area contributed by atoms with Crippen molar-refractivity contribution < 1.29 is 14.1 Å². The zero-order valence-electron chi connectivity index (χ0n) is 17.0. The van der Waals surface area contributed by atoms with Crippen molar-refractivity contribution in [2.45, 2.75) is 33.6 Å². The Labute approximate surface area is 173 Å². The van der Waals surface area contributed by atoms with Crippen molar-refractivity contribution in [2.24, 2.45) is 0 Å². The number of carbonyl (C=O) groups is 1. The molecule has 7 heteroatoms. The number of allylic oxidation sites excluding steroid dienone is 1. The Hall–Kier alpha value is -3.74. The van der Waals surface area contributed by atoms with Crippen molar-refractivity contribution in [1.29, 1.82) is 0 Å². The van der Waals surface area contributed by atoms with Crippen molar-refractivity contribution in [2.75, 3.05) is 5.32 Å². The van der Waals surface area contributed by atoms with Crippen LogP contribution >= 0.6 is 0 Å². The van der Waals surface area contributed by atoms with Crippen molar-refractivity contribution in [1.82, 2.24) is 4.98 Å². The second-order valence-corrected chi connectivity index (χ2v) is 7.56. The zero-order valence-corrected chi connectivity index (χ0v) is 17.0. The van der Waals surface area contributed by atoms with Crippen LogP contribution in [0.5, 0.6) is 0 Å². The first-order chi connectivity index (χ1) is 14.3. The third kappa shape index (κ3) is 3.74. The smallest absolute Gasteiger partial charge is 0.273 e. The average molecular weight is 403 g/mol. The molecule has 30 heavy (non-hydrogen) atoms. The summed E-state index contributed by atoms with van der Waals surface area (Å²) in [6.07, 6.45) is 3.83. The van der Waals surface area contributed by atoms with E-state index in [4.69, 9.17) is 4.42 Å². The van der Waals surface area contributed by atoms with Crippen LogP contribution in [0.2, 0.25) is 0 Å². The van der Waals surface area contributed by atoms with Crippen LogP contribution in [0, 0.1) is 24.0 Å². The van der Waals surface area contributed by atoms with Crippen molar-refractivity contribution in [3.05, 3.63) is 80.2 Å². The number of anilines is 1. The summed E-state index contributed by atoms with van der Waals surface area (Å²) in [5.41, 5.74) is 5.07. The molecule has 1 aliphatic rings. The van der Waals surface area contributed by atoms with Gasteiger partial charge in [-0.15, -0.1) is 0 Å². The quantitative estimate of drug-likeness (QED) is 0.460. The standard InChI is InChI=1S/C23H21N3O4/c1-13-4-9-18-21(10-13)30-23(25-18)17-8-5-14(2)19(11-17)24-22(27)16-7-6-15(3)20(12-16)26(28)29/h5-8,10-12H,4,9H2,1-3H3,(H,24,27). The minimum atomic E-state index is -0.488. The third-order valence-electron chi connectivity index (χ3n) is 5.26. The summed E-state index contributed by atoms with van der Waals surface area (Å²) in [7, 11) is 0. The van der Waals surface area contributed by atoms with Gasteiger partial charge in [-0.25, -0.2) is 4.98 Å². The molecule has 4 rings (SSSR count). The van der Waals surface area contributed by atoms with Crippen LogP contribution in [0.25, 0.3) is 17.5 Å². The Morgan fingerprint density at radius 3 is 2.63 bits per heavy atom. The number of nitro groups is 1. The SMILES string of the molecule is CC1=Cc2oc(-c3ccc(C)c(NC(=O)c4ccc(C)c([N+](=O)[O-])c4)c3)nc2CC1. The maximum Gasteiger partial charge on any atom is 0.273 e. The number of fused-ring (bicyclic) bond motifs is 1. The van der Waals surface area contributed by atoms with Gasteiger partial charge >= 0.3 is 0 Å². The molecule has 2 aromatic carbocycles. The van der Waals surface area contributed by atoms with Crippen molar-refractivity contribution in [3.63, 3.8) is 0 Å². The topological polar surface area (TPSA) is 98.3 Å². The van der Waals surface area contributed by atoms with E-state index >= 15 is 0 Å². The Kier molecular flexibility index (Phi) is 4.95. The summed E-state index contributed by atoms with van der Waals surface area (Å²) in [6, 6.07) is 10.0. The molecule has 1 heterocycles. The number of amides is 1. The highest BCUT2D eigenvalue weighted by atomic mass is 16.6. The van der Waals surface area contributed by atoms with Gasteiger partial charge in [-0.1, -0.05) is 17.7 Å². The van der Waals surface area contributed by atoms with Gasteiger partial charge in [0.25, 0.3) is 11.6 Å². The second kappa shape index (κ2) is 7.59. The van der Waals surface area contributed by atoms with E-state index in [1.54, 1.807) is 19.1 Å². The summed E-state index contributed by atoms with van der Waals surface area (Å²) >= 11 is 0. The van der Waals surface area contributed by atoms with Crippen LogP contribution in [-0.2, 0) is 6.42 Å². The summed E-state index contributed by atoms with van der Waals surface area (Å²) in [6.45, 7) is 5.59. The van der Waals surface area contributed by atoms with Gasteiger partial charge in [0.1, 0.15) is 0 Å². The minimum Gasteiger partial charge on any atom is -0.436 e. The molecule has 0 fully saturated rings. The van der Waals surface area contributed by atoms with Gasteiger partial charge in [0.2, 0.25) is 5.89 Å². The van der Waals surface area contributed by atoms with Crippen LogP contribution in [0.4, 0.5) is 11.4 Å². The summed E-state index contributed by atoms with van der Waals surface area (Å²) < 4.78 is 5.93. The monoisotopic (exact) mass is 403 g/mol. The lowest BCUT2D eigenvalue weighted by Crippen LogP contribution is -2.13. The lowest BCUT2D eigenvalue weighted by Gasteiger charge is -2.10. The normalized spacial score (nSPS) is 12.8. The van der Waals surface area contributed by atoms with Crippen LogP contribution in [0.15, 0.2) is 46.4 Å².